The minimum absolute atomic E-state index is 0.0139. The van der Waals surface area contributed by atoms with Gasteiger partial charge in [-0.05, 0) is 49.5 Å². The highest BCUT2D eigenvalue weighted by atomic mass is 35.5. The van der Waals surface area contributed by atoms with E-state index in [0.717, 1.165) is 36.4 Å². The molecule has 2 aromatic rings. The molecule has 0 aliphatic carbocycles. The molecular formula is C13H12ClFN2O4S2. The number of hydrogen-bond donors (Lipinski definition) is 2. The van der Waals surface area contributed by atoms with Gasteiger partial charge in [-0.25, -0.2) is 25.9 Å². The third-order valence-corrected chi connectivity index (χ3v) is 6.01. The third-order valence-electron chi connectivity index (χ3n) is 2.89. The van der Waals surface area contributed by atoms with E-state index in [0.29, 0.717) is 0 Å². The Morgan fingerprint density at radius 2 is 1.43 bits per heavy atom. The molecule has 0 heterocycles. The quantitative estimate of drug-likeness (QED) is 0.834. The molecule has 2 rings (SSSR count). The number of benzene rings is 2. The Bertz CT molecular complexity index is 929. The molecule has 0 aliphatic heterocycles. The predicted octanol–water partition coefficient (Wildman–Crippen LogP) is 2.19. The molecule has 2 N–H and O–H groups in total. The van der Waals surface area contributed by atoms with E-state index < -0.39 is 25.9 Å². The Balaban J connectivity index is 2.33. The van der Waals surface area contributed by atoms with Crippen LogP contribution in [0.4, 0.5) is 10.1 Å². The molecule has 0 spiro atoms. The minimum Gasteiger partial charge on any atom is -0.278 e. The largest absolute Gasteiger partial charge is 0.278 e. The summed E-state index contributed by atoms with van der Waals surface area (Å²) < 4.78 is 65.0. The predicted molar refractivity (Wildman–Crippen MR) is 84.9 cm³/mol. The summed E-state index contributed by atoms with van der Waals surface area (Å²) in [6.45, 7) is 0. The van der Waals surface area contributed by atoms with Crippen LogP contribution in [0.1, 0.15) is 0 Å². The molecule has 0 radical (unpaired) electrons. The highest BCUT2D eigenvalue weighted by Crippen LogP contribution is 2.25. The zero-order chi connectivity index (χ0) is 17.3. The van der Waals surface area contributed by atoms with Crippen LogP contribution in [-0.4, -0.2) is 23.9 Å². The first kappa shape index (κ1) is 17.7. The summed E-state index contributed by atoms with van der Waals surface area (Å²) in [7, 11) is -6.40. The molecule has 10 heteroatoms. The lowest BCUT2D eigenvalue weighted by molar-refractivity contribution is 0.587. The van der Waals surface area contributed by atoms with Gasteiger partial charge < -0.3 is 0 Å². The molecule has 23 heavy (non-hydrogen) atoms. The summed E-state index contributed by atoms with van der Waals surface area (Å²) in [4.78, 5) is -0.230. The second-order valence-corrected chi connectivity index (χ2v) is 8.38. The minimum atomic E-state index is -3.99. The topological polar surface area (TPSA) is 92.3 Å². The van der Waals surface area contributed by atoms with Crippen molar-refractivity contribution in [2.24, 2.45) is 0 Å². The van der Waals surface area contributed by atoms with Gasteiger partial charge in [0.2, 0.25) is 10.0 Å². The second-order valence-electron chi connectivity index (χ2n) is 4.41. The van der Waals surface area contributed by atoms with Crippen molar-refractivity contribution in [1.29, 1.82) is 0 Å². The fourth-order valence-corrected chi connectivity index (χ4v) is 3.77. The van der Waals surface area contributed by atoms with Crippen LogP contribution >= 0.6 is 11.6 Å². The van der Waals surface area contributed by atoms with Crippen molar-refractivity contribution in [3.05, 3.63) is 53.3 Å². The first-order valence-electron chi connectivity index (χ1n) is 6.17. The Hall–Kier alpha value is -1.68. The first-order chi connectivity index (χ1) is 10.7. The fourth-order valence-electron chi connectivity index (χ4n) is 1.69. The van der Waals surface area contributed by atoms with Crippen molar-refractivity contribution < 1.29 is 21.2 Å². The lowest BCUT2D eigenvalue weighted by Gasteiger charge is -2.10. The van der Waals surface area contributed by atoms with E-state index in [1.54, 1.807) is 0 Å². The van der Waals surface area contributed by atoms with Gasteiger partial charge in [0, 0.05) is 0 Å². The Morgan fingerprint density at radius 1 is 0.913 bits per heavy atom. The standard InChI is InChI=1S/C13H12ClFN2O4S2/c1-16-22(18,19)10-3-5-11(6-4-10)23(20,21)17-13-7-2-9(15)8-12(13)14/h2-8,16-17H,1H3. The van der Waals surface area contributed by atoms with Crippen LogP contribution in [0, 0.1) is 5.82 Å². The SMILES string of the molecule is CNS(=O)(=O)c1ccc(S(=O)(=O)Nc2ccc(F)cc2Cl)cc1. The number of halogens is 2. The number of hydrogen-bond acceptors (Lipinski definition) is 4. The zero-order valence-electron chi connectivity index (χ0n) is 11.7. The molecular weight excluding hydrogens is 367 g/mol. The summed E-state index contributed by atoms with van der Waals surface area (Å²) in [5.41, 5.74) is 0.0139. The maximum Gasteiger partial charge on any atom is 0.261 e. The smallest absolute Gasteiger partial charge is 0.261 e. The monoisotopic (exact) mass is 378 g/mol. The summed E-state index contributed by atoms with van der Waals surface area (Å²) >= 11 is 5.77. The molecule has 0 fully saturated rings. The van der Waals surface area contributed by atoms with Crippen molar-refractivity contribution >= 4 is 37.3 Å². The summed E-state index contributed by atoms with van der Waals surface area (Å²) in [6.07, 6.45) is 0. The van der Waals surface area contributed by atoms with Crippen molar-refractivity contribution in [1.82, 2.24) is 4.72 Å². The van der Waals surface area contributed by atoms with Crippen LogP contribution in [0.3, 0.4) is 0 Å². The highest BCUT2D eigenvalue weighted by Gasteiger charge is 2.18. The van der Waals surface area contributed by atoms with Gasteiger partial charge in [-0.15, -0.1) is 0 Å². The van der Waals surface area contributed by atoms with E-state index >= 15 is 0 Å². The van der Waals surface area contributed by atoms with E-state index in [-0.39, 0.29) is 20.5 Å². The maximum atomic E-state index is 13.0. The van der Waals surface area contributed by atoms with Crippen molar-refractivity contribution in [2.45, 2.75) is 9.79 Å². The summed E-state index contributed by atoms with van der Waals surface area (Å²) in [6, 6.07) is 7.83. The van der Waals surface area contributed by atoms with Crippen LogP contribution in [0.15, 0.2) is 52.3 Å². The molecule has 0 aromatic heterocycles. The molecule has 0 amide bonds. The van der Waals surface area contributed by atoms with E-state index in [1.807, 2.05) is 0 Å². The second kappa shape index (κ2) is 6.44. The van der Waals surface area contributed by atoms with Gasteiger partial charge in [-0.1, -0.05) is 11.6 Å². The van der Waals surface area contributed by atoms with Gasteiger partial charge in [0.05, 0.1) is 20.5 Å². The molecule has 0 unspecified atom stereocenters. The lowest BCUT2D eigenvalue weighted by atomic mass is 10.3. The van der Waals surface area contributed by atoms with Gasteiger partial charge in [-0.3, -0.25) is 4.72 Å². The molecule has 2 aromatic carbocycles. The molecule has 0 aliphatic rings. The van der Waals surface area contributed by atoms with Gasteiger partial charge in [0.15, 0.2) is 0 Å². The van der Waals surface area contributed by atoms with Crippen molar-refractivity contribution in [3.8, 4) is 0 Å². The van der Waals surface area contributed by atoms with Gasteiger partial charge in [0.1, 0.15) is 5.82 Å². The van der Waals surface area contributed by atoms with Crippen LogP contribution in [0.2, 0.25) is 5.02 Å². The van der Waals surface area contributed by atoms with E-state index in [9.17, 15) is 21.2 Å². The third kappa shape index (κ3) is 3.99. The van der Waals surface area contributed by atoms with Crippen molar-refractivity contribution in [3.63, 3.8) is 0 Å². The number of nitrogens with one attached hydrogen (secondary N) is 2. The van der Waals surface area contributed by atoms with Crippen LogP contribution in [0.25, 0.3) is 0 Å². The summed E-state index contributed by atoms with van der Waals surface area (Å²) in [5.74, 6) is -0.598. The molecule has 0 bridgehead atoms. The van der Waals surface area contributed by atoms with Crippen LogP contribution in [0.5, 0.6) is 0 Å². The average Bonchev–Trinajstić information content (AvgIpc) is 2.50. The molecule has 0 saturated carbocycles. The normalized spacial score (nSPS) is 12.1. The maximum absolute atomic E-state index is 13.0. The number of anilines is 1. The van der Waals surface area contributed by atoms with Crippen LogP contribution in [-0.2, 0) is 20.0 Å². The van der Waals surface area contributed by atoms with Crippen LogP contribution < -0.4 is 9.44 Å². The summed E-state index contributed by atoms with van der Waals surface area (Å²) in [5, 5.41) is -0.0945. The molecule has 0 saturated heterocycles. The lowest BCUT2D eigenvalue weighted by Crippen LogP contribution is -2.19. The first-order valence-corrected chi connectivity index (χ1v) is 9.51. The molecule has 6 nitrogen and oxygen atoms in total. The number of sulfonamides is 2. The van der Waals surface area contributed by atoms with E-state index in [2.05, 4.69) is 9.44 Å². The fraction of sp³-hybridized carbons (Fsp3) is 0.0769. The number of rotatable bonds is 5. The average molecular weight is 379 g/mol. The Labute approximate surface area is 138 Å². The zero-order valence-corrected chi connectivity index (χ0v) is 14.1. The van der Waals surface area contributed by atoms with Gasteiger partial charge >= 0.3 is 0 Å². The van der Waals surface area contributed by atoms with E-state index in [1.165, 1.54) is 13.1 Å². The molecule has 124 valence electrons. The van der Waals surface area contributed by atoms with Gasteiger partial charge in [0.25, 0.3) is 10.0 Å². The molecule has 0 atom stereocenters. The highest BCUT2D eigenvalue weighted by molar-refractivity contribution is 7.92. The Kier molecular flexibility index (Phi) is 4.95. The Morgan fingerprint density at radius 3 is 1.91 bits per heavy atom. The van der Waals surface area contributed by atoms with Crippen molar-refractivity contribution in [2.75, 3.05) is 11.8 Å². The van der Waals surface area contributed by atoms with E-state index in [4.69, 9.17) is 11.6 Å². The van der Waals surface area contributed by atoms with Gasteiger partial charge in [-0.2, -0.15) is 0 Å².